The van der Waals surface area contributed by atoms with Gasteiger partial charge in [0.05, 0.1) is 20.8 Å². The number of benzene rings is 2. The number of hydrogen-bond donors (Lipinski definition) is 1. The molecule has 0 radical (unpaired) electrons. The van der Waals surface area contributed by atoms with Crippen molar-refractivity contribution < 1.29 is 17.2 Å². The number of sulfone groups is 1. The van der Waals surface area contributed by atoms with Gasteiger partial charge in [0.2, 0.25) is 0 Å². The first-order chi connectivity index (χ1) is 9.72. The highest BCUT2D eigenvalue weighted by molar-refractivity contribution is 9.10. The van der Waals surface area contributed by atoms with Gasteiger partial charge in [0, 0.05) is 10.0 Å². The van der Waals surface area contributed by atoms with Crippen LogP contribution in [0.2, 0.25) is 0 Å². The predicted octanol–water partition coefficient (Wildman–Crippen LogP) is 4.05. The first-order valence-corrected chi connectivity index (χ1v) is 8.86. The lowest BCUT2D eigenvalue weighted by molar-refractivity contribution is 0.552. The lowest BCUT2D eigenvalue weighted by Crippen LogP contribution is -2.11. The summed E-state index contributed by atoms with van der Waals surface area (Å²) in [5, 5.41) is 0. The van der Waals surface area contributed by atoms with E-state index in [1.807, 2.05) is 0 Å². The molecule has 0 aliphatic carbocycles. The monoisotopic (exact) mass is 439 g/mol. The smallest absolute Gasteiger partial charge is 0.184 e. The maximum absolute atomic E-state index is 13.9. The third-order valence-corrected chi connectivity index (χ3v) is 5.60. The van der Waals surface area contributed by atoms with Crippen LogP contribution in [0, 0.1) is 11.6 Å². The maximum Gasteiger partial charge on any atom is 0.184 e. The van der Waals surface area contributed by atoms with Crippen LogP contribution in [0.4, 0.5) is 14.5 Å². The fourth-order valence-electron chi connectivity index (χ4n) is 1.77. The number of hydrogen-bond acceptors (Lipinski definition) is 3. The molecule has 0 saturated carbocycles. The summed E-state index contributed by atoms with van der Waals surface area (Å²) in [5.41, 5.74) is 5.15. The second kappa shape index (κ2) is 6.02. The summed E-state index contributed by atoms with van der Waals surface area (Å²) in [5.74, 6) is -2.67. The molecular weight excluding hydrogens is 432 g/mol. The van der Waals surface area contributed by atoms with Crippen LogP contribution in [0.15, 0.2) is 44.2 Å². The van der Waals surface area contributed by atoms with E-state index < -0.39 is 32.8 Å². The Balaban J connectivity index is 2.50. The van der Waals surface area contributed by atoms with E-state index in [9.17, 15) is 17.2 Å². The molecule has 2 N–H and O–H groups in total. The second-order valence-electron chi connectivity index (χ2n) is 4.26. The fraction of sp³-hybridized carbons (Fsp3) is 0.0769. The van der Waals surface area contributed by atoms with Crippen LogP contribution in [-0.2, 0) is 15.6 Å². The summed E-state index contributed by atoms with van der Waals surface area (Å²) in [6.07, 6.45) is 0. The van der Waals surface area contributed by atoms with Crippen LogP contribution in [0.1, 0.15) is 5.56 Å². The average Bonchev–Trinajstić information content (AvgIpc) is 2.39. The van der Waals surface area contributed by atoms with Crippen molar-refractivity contribution in [3.8, 4) is 0 Å². The van der Waals surface area contributed by atoms with Crippen LogP contribution in [0.5, 0.6) is 0 Å². The van der Waals surface area contributed by atoms with E-state index in [0.717, 1.165) is 6.07 Å². The molecule has 0 heterocycles. The Hall–Kier alpha value is -0.990. The SMILES string of the molecule is Nc1cc(Br)ccc1S(=O)(=O)Cc1c(F)ccc(Br)c1F. The summed E-state index contributed by atoms with van der Waals surface area (Å²) in [4.78, 5) is -0.163. The van der Waals surface area contributed by atoms with Gasteiger partial charge in [0.1, 0.15) is 11.6 Å². The first kappa shape index (κ1) is 16.4. The number of halogens is 4. The molecule has 21 heavy (non-hydrogen) atoms. The average molecular weight is 441 g/mol. The van der Waals surface area contributed by atoms with E-state index in [-0.39, 0.29) is 15.1 Å². The molecule has 2 aromatic carbocycles. The Labute approximate surface area is 137 Å². The Morgan fingerprint density at radius 2 is 1.76 bits per heavy atom. The molecule has 8 heteroatoms. The van der Waals surface area contributed by atoms with Gasteiger partial charge >= 0.3 is 0 Å². The van der Waals surface area contributed by atoms with Gasteiger partial charge in [0.25, 0.3) is 0 Å². The van der Waals surface area contributed by atoms with Crippen molar-refractivity contribution in [3.05, 3.63) is 56.5 Å². The molecule has 0 aliphatic heterocycles. The van der Waals surface area contributed by atoms with Gasteiger partial charge in [-0.3, -0.25) is 0 Å². The third-order valence-electron chi connectivity index (χ3n) is 2.78. The van der Waals surface area contributed by atoms with Crippen molar-refractivity contribution in [2.75, 3.05) is 5.73 Å². The Kier molecular flexibility index (Phi) is 4.69. The van der Waals surface area contributed by atoms with Crippen LogP contribution in [0.3, 0.4) is 0 Å². The molecule has 112 valence electrons. The molecule has 3 nitrogen and oxygen atoms in total. The Morgan fingerprint density at radius 3 is 2.38 bits per heavy atom. The minimum absolute atomic E-state index is 0.00196. The minimum Gasteiger partial charge on any atom is -0.398 e. The molecule has 0 atom stereocenters. The van der Waals surface area contributed by atoms with Crippen molar-refractivity contribution in [1.82, 2.24) is 0 Å². The zero-order valence-electron chi connectivity index (χ0n) is 10.4. The van der Waals surface area contributed by atoms with Crippen molar-refractivity contribution in [3.63, 3.8) is 0 Å². The normalized spacial score (nSPS) is 11.6. The van der Waals surface area contributed by atoms with Crippen LogP contribution in [0.25, 0.3) is 0 Å². The molecule has 0 unspecified atom stereocenters. The van der Waals surface area contributed by atoms with E-state index >= 15 is 0 Å². The Bertz CT molecular complexity index is 810. The van der Waals surface area contributed by atoms with E-state index in [1.165, 1.54) is 24.3 Å². The maximum atomic E-state index is 13.9. The molecule has 0 bridgehead atoms. The number of nitrogens with two attached hydrogens (primary N) is 1. The number of nitrogen functional groups attached to an aromatic ring is 1. The topological polar surface area (TPSA) is 60.2 Å². The number of rotatable bonds is 3. The zero-order valence-corrected chi connectivity index (χ0v) is 14.4. The molecule has 0 amide bonds. The molecule has 2 aromatic rings. The van der Waals surface area contributed by atoms with Gasteiger partial charge in [-0.25, -0.2) is 17.2 Å². The third kappa shape index (κ3) is 3.44. The molecule has 0 spiro atoms. The molecule has 0 aliphatic rings. The van der Waals surface area contributed by atoms with Gasteiger partial charge in [-0.1, -0.05) is 15.9 Å². The van der Waals surface area contributed by atoms with Gasteiger partial charge in [0.15, 0.2) is 9.84 Å². The summed E-state index contributed by atoms with van der Waals surface area (Å²) in [6, 6.07) is 6.39. The van der Waals surface area contributed by atoms with Crippen LogP contribution >= 0.6 is 31.9 Å². The highest BCUT2D eigenvalue weighted by Gasteiger charge is 2.23. The van der Waals surface area contributed by atoms with Crippen molar-refractivity contribution in [2.24, 2.45) is 0 Å². The molecule has 0 fully saturated rings. The van der Waals surface area contributed by atoms with Crippen LogP contribution in [-0.4, -0.2) is 8.42 Å². The van der Waals surface area contributed by atoms with Gasteiger partial charge in [-0.05, 0) is 46.3 Å². The highest BCUT2D eigenvalue weighted by Crippen LogP contribution is 2.29. The van der Waals surface area contributed by atoms with Crippen molar-refractivity contribution in [1.29, 1.82) is 0 Å². The summed E-state index contributed by atoms with van der Waals surface area (Å²) in [7, 11) is -3.97. The molecular formula is C13H9Br2F2NO2S. The zero-order chi connectivity index (χ0) is 15.8. The second-order valence-corrected chi connectivity index (χ2v) is 7.99. The lowest BCUT2D eigenvalue weighted by atomic mass is 10.2. The van der Waals surface area contributed by atoms with E-state index in [1.54, 1.807) is 0 Å². The fourth-order valence-corrected chi connectivity index (χ4v) is 4.02. The minimum atomic E-state index is -3.97. The van der Waals surface area contributed by atoms with E-state index in [4.69, 9.17) is 5.73 Å². The summed E-state index contributed by atoms with van der Waals surface area (Å²) < 4.78 is 52.8. The quantitative estimate of drug-likeness (QED) is 0.578. The number of anilines is 1. The van der Waals surface area contributed by atoms with E-state index in [0.29, 0.717) is 4.47 Å². The standard InChI is InChI=1S/C13H9Br2F2NO2S/c14-7-1-4-12(11(18)5-7)21(19,20)6-8-10(16)3-2-9(15)13(8)17/h1-5H,6,18H2. The molecule has 2 rings (SSSR count). The van der Waals surface area contributed by atoms with Gasteiger partial charge in [-0.15, -0.1) is 0 Å². The molecule has 0 aromatic heterocycles. The summed E-state index contributed by atoms with van der Waals surface area (Å²) in [6.45, 7) is 0. The molecule has 0 saturated heterocycles. The van der Waals surface area contributed by atoms with Crippen molar-refractivity contribution >= 4 is 47.4 Å². The highest BCUT2D eigenvalue weighted by atomic mass is 79.9. The lowest BCUT2D eigenvalue weighted by Gasteiger charge is -2.10. The summed E-state index contributed by atoms with van der Waals surface area (Å²) >= 11 is 6.06. The van der Waals surface area contributed by atoms with Crippen molar-refractivity contribution in [2.45, 2.75) is 10.6 Å². The largest absolute Gasteiger partial charge is 0.398 e. The van der Waals surface area contributed by atoms with E-state index in [2.05, 4.69) is 31.9 Å². The Morgan fingerprint density at radius 1 is 1.10 bits per heavy atom. The predicted molar refractivity (Wildman–Crippen MR) is 83.5 cm³/mol. The first-order valence-electron chi connectivity index (χ1n) is 5.62. The van der Waals surface area contributed by atoms with Gasteiger partial charge < -0.3 is 5.73 Å². The van der Waals surface area contributed by atoms with Gasteiger partial charge in [-0.2, -0.15) is 0 Å². The van der Waals surface area contributed by atoms with Crippen LogP contribution < -0.4 is 5.73 Å².